The van der Waals surface area contributed by atoms with E-state index in [1.807, 2.05) is 66.2 Å². The van der Waals surface area contributed by atoms with Crippen molar-refractivity contribution in [3.8, 4) is 0 Å². The van der Waals surface area contributed by atoms with Gasteiger partial charge in [0.1, 0.15) is 5.69 Å². The lowest BCUT2D eigenvalue weighted by Gasteiger charge is -2.11. The molecule has 0 radical (unpaired) electrons. The molecule has 220 valence electrons. The lowest BCUT2D eigenvalue weighted by atomic mass is 10.1. The van der Waals surface area contributed by atoms with Crippen molar-refractivity contribution < 1.29 is 22.9 Å². The molecule has 0 fully saturated rings. The Morgan fingerprint density at radius 3 is 2.37 bits per heavy atom. The van der Waals surface area contributed by atoms with Gasteiger partial charge in [0.15, 0.2) is 0 Å². The van der Waals surface area contributed by atoms with E-state index in [-0.39, 0.29) is 17.2 Å². The number of benzene rings is 4. The van der Waals surface area contributed by atoms with E-state index in [0.29, 0.717) is 18.0 Å². The van der Waals surface area contributed by atoms with Crippen molar-refractivity contribution in [1.29, 1.82) is 0 Å². The number of nitro groups is 1. The highest BCUT2D eigenvalue weighted by atomic mass is 32.2. The van der Waals surface area contributed by atoms with Crippen LogP contribution in [0.25, 0.3) is 6.08 Å². The normalized spacial score (nSPS) is 11.2. The van der Waals surface area contributed by atoms with Gasteiger partial charge in [-0.15, -0.1) is 11.8 Å². The van der Waals surface area contributed by atoms with Gasteiger partial charge in [-0.05, 0) is 67.1 Å². The Balaban J connectivity index is 1.35. The number of rotatable bonds is 12. The monoisotopic (exact) mass is 616 g/mol. The Labute approximate surface area is 253 Å². The number of sulfonamides is 1. The maximum atomic E-state index is 12.9. The first kappa shape index (κ1) is 31.0. The van der Waals surface area contributed by atoms with Crippen molar-refractivity contribution in [2.45, 2.75) is 16.7 Å². The Morgan fingerprint density at radius 1 is 0.930 bits per heavy atom. The molecule has 0 heterocycles. The molecule has 0 aliphatic heterocycles. The predicted molar refractivity (Wildman–Crippen MR) is 169 cm³/mol. The van der Waals surface area contributed by atoms with Crippen LogP contribution in [-0.2, 0) is 14.8 Å². The molecule has 0 unspecified atom stereocenters. The third-order valence-electron chi connectivity index (χ3n) is 6.02. The van der Waals surface area contributed by atoms with Gasteiger partial charge in [-0.2, -0.15) is 0 Å². The number of aryl methyl sites for hydroxylation is 1. The average molecular weight is 617 g/mol. The van der Waals surface area contributed by atoms with E-state index in [1.165, 1.54) is 42.5 Å². The number of nitrogens with zero attached hydrogens (tertiary/aromatic N) is 1. The van der Waals surface area contributed by atoms with Gasteiger partial charge < -0.3 is 10.6 Å². The fourth-order valence-electron chi connectivity index (χ4n) is 3.92. The molecule has 3 N–H and O–H groups in total. The van der Waals surface area contributed by atoms with E-state index in [4.69, 9.17) is 0 Å². The highest BCUT2D eigenvalue weighted by molar-refractivity contribution is 7.99. The number of anilines is 2. The Hall–Kier alpha value is -4.94. The van der Waals surface area contributed by atoms with Crippen LogP contribution in [-0.4, -0.2) is 37.5 Å². The largest absolute Gasteiger partial charge is 0.379 e. The molecule has 0 spiro atoms. The number of nitro benzene ring substituents is 1. The van der Waals surface area contributed by atoms with Crippen LogP contribution in [0.3, 0.4) is 0 Å². The summed E-state index contributed by atoms with van der Waals surface area (Å²) in [5.74, 6) is -0.681. The molecular formula is C31H28N4O6S2. The lowest BCUT2D eigenvalue weighted by molar-refractivity contribution is -0.384. The molecule has 10 nitrogen and oxygen atoms in total. The first-order chi connectivity index (χ1) is 20.6. The SMILES string of the molecule is Cc1cccc(C=CC(=O)Nc2ccc(C(=O)NS(=O)(=O)c3ccc(NCCSc4ccccc4)c([N+](=O)[O-])c3)cc2)c1. The van der Waals surface area contributed by atoms with Crippen LogP contribution in [0.1, 0.15) is 21.5 Å². The third-order valence-corrected chi connectivity index (χ3v) is 8.36. The second kappa shape index (κ2) is 14.3. The zero-order chi connectivity index (χ0) is 30.8. The summed E-state index contributed by atoms with van der Waals surface area (Å²) in [6.45, 7) is 2.36. The van der Waals surface area contributed by atoms with Gasteiger partial charge in [0.25, 0.3) is 21.6 Å². The molecule has 4 aromatic rings. The summed E-state index contributed by atoms with van der Waals surface area (Å²) >= 11 is 1.57. The average Bonchev–Trinajstić information content (AvgIpc) is 2.99. The number of carbonyl (C=O) groups is 2. The van der Waals surface area contributed by atoms with Crippen LogP contribution in [0.5, 0.6) is 0 Å². The van der Waals surface area contributed by atoms with Crippen LogP contribution in [0, 0.1) is 17.0 Å². The Morgan fingerprint density at radius 2 is 1.67 bits per heavy atom. The first-order valence-electron chi connectivity index (χ1n) is 13.0. The van der Waals surface area contributed by atoms with Crippen molar-refractivity contribution in [3.05, 3.63) is 130 Å². The predicted octanol–water partition coefficient (Wildman–Crippen LogP) is 5.88. The second-order valence-corrected chi connectivity index (χ2v) is 12.1. The number of nitrogens with one attached hydrogen (secondary N) is 3. The maximum absolute atomic E-state index is 12.9. The molecule has 2 amide bonds. The molecule has 4 rings (SSSR count). The Bertz CT molecular complexity index is 1760. The summed E-state index contributed by atoms with van der Waals surface area (Å²) in [6, 6.07) is 26.3. The highest BCUT2D eigenvalue weighted by Gasteiger charge is 2.24. The van der Waals surface area contributed by atoms with Crippen molar-refractivity contribution in [3.63, 3.8) is 0 Å². The van der Waals surface area contributed by atoms with E-state index in [1.54, 1.807) is 17.8 Å². The van der Waals surface area contributed by atoms with E-state index in [2.05, 4.69) is 10.6 Å². The van der Waals surface area contributed by atoms with Gasteiger partial charge in [-0.1, -0.05) is 48.0 Å². The summed E-state index contributed by atoms with van der Waals surface area (Å²) in [5.41, 5.74) is 2.08. The topological polar surface area (TPSA) is 148 Å². The van der Waals surface area contributed by atoms with Crippen LogP contribution >= 0.6 is 11.8 Å². The number of hydrogen-bond acceptors (Lipinski definition) is 8. The van der Waals surface area contributed by atoms with Gasteiger partial charge in [0, 0.05) is 40.6 Å². The Kier molecular flexibility index (Phi) is 10.3. The van der Waals surface area contributed by atoms with Gasteiger partial charge in [0.2, 0.25) is 5.91 Å². The highest BCUT2D eigenvalue weighted by Crippen LogP contribution is 2.28. The van der Waals surface area contributed by atoms with Gasteiger partial charge in [-0.3, -0.25) is 19.7 Å². The van der Waals surface area contributed by atoms with Crippen molar-refractivity contribution in [2.75, 3.05) is 22.9 Å². The van der Waals surface area contributed by atoms with Gasteiger partial charge in [0.05, 0.1) is 9.82 Å². The molecule has 4 aromatic carbocycles. The molecule has 43 heavy (non-hydrogen) atoms. The maximum Gasteiger partial charge on any atom is 0.293 e. The molecular weight excluding hydrogens is 588 g/mol. The summed E-state index contributed by atoms with van der Waals surface area (Å²) < 4.78 is 27.7. The van der Waals surface area contributed by atoms with Crippen molar-refractivity contribution in [2.24, 2.45) is 0 Å². The van der Waals surface area contributed by atoms with Crippen LogP contribution in [0.2, 0.25) is 0 Å². The van der Waals surface area contributed by atoms with E-state index in [0.717, 1.165) is 22.1 Å². The van der Waals surface area contributed by atoms with Gasteiger partial charge in [-0.25, -0.2) is 13.1 Å². The molecule has 0 saturated heterocycles. The number of thioether (sulfide) groups is 1. The van der Waals surface area contributed by atoms with E-state index in [9.17, 15) is 28.1 Å². The van der Waals surface area contributed by atoms with E-state index < -0.39 is 31.4 Å². The van der Waals surface area contributed by atoms with Crippen molar-refractivity contribution in [1.82, 2.24) is 4.72 Å². The summed E-state index contributed by atoms with van der Waals surface area (Å²) in [7, 11) is -4.42. The first-order valence-corrected chi connectivity index (χ1v) is 15.5. The summed E-state index contributed by atoms with van der Waals surface area (Å²) in [4.78, 5) is 36.6. The quantitative estimate of drug-likeness (QED) is 0.0588. The molecule has 0 bridgehead atoms. The van der Waals surface area contributed by atoms with Crippen LogP contribution in [0.15, 0.2) is 113 Å². The molecule has 0 aliphatic rings. The summed E-state index contributed by atoms with van der Waals surface area (Å²) in [5, 5.41) is 17.3. The third kappa shape index (κ3) is 9.02. The van der Waals surface area contributed by atoms with Crippen LogP contribution in [0.4, 0.5) is 17.1 Å². The lowest BCUT2D eigenvalue weighted by Crippen LogP contribution is -2.30. The zero-order valence-corrected chi connectivity index (χ0v) is 24.7. The van der Waals surface area contributed by atoms with E-state index >= 15 is 0 Å². The number of amides is 2. The molecule has 0 saturated carbocycles. The molecule has 12 heteroatoms. The van der Waals surface area contributed by atoms with Crippen LogP contribution < -0.4 is 15.4 Å². The molecule has 0 aromatic heterocycles. The smallest absolute Gasteiger partial charge is 0.293 e. The van der Waals surface area contributed by atoms with Crippen molar-refractivity contribution >= 4 is 56.7 Å². The zero-order valence-electron chi connectivity index (χ0n) is 23.0. The number of hydrogen-bond donors (Lipinski definition) is 3. The minimum atomic E-state index is -4.42. The standard InChI is InChI=1S/C31H28N4O6S2/c1-22-6-5-7-23(20-22)10-17-30(36)33-25-13-11-24(12-14-25)31(37)34-43(40,41)27-15-16-28(29(21-27)35(38)39)32-18-19-42-26-8-3-2-4-9-26/h2-17,20-21,32H,18-19H2,1H3,(H,33,36)(H,34,37). The minimum Gasteiger partial charge on any atom is -0.379 e. The summed E-state index contributed by atoms with van der Waals surface area (Å²) in [6.07, 6.45) is 3.05. The minimum absolute atomic E-state index is 0.0144. The second-order valence-electron chi connectivity index (χ2n) is 9.27. The number of carbonyl (C=O) groups excluding carboxylic acids is 2. The fourth-order valence-corrected chi connectivity index (χ4v) is 5.71. The molecule has 0 atom stereocenters. The fraction of sp³-hybridized carbons (Fsp3) is 0.0968. The molecule has 0 aliphatic carbocycles. The van der Waals surface area contributed by atoms with Gasteiger partial charge >= 0.3 is 0 Å².